The second-order valence-corrected chi connectivity index (χ2v) is 8.76. The molecule has 2 unspecified atom stereocenters. The van der Waals surface area contributed by atoms with Gasteiger partial charge in [0.2, 0.25) is 0 Å². The molecule has 30 heavy (non-hydrogen) atoms. The van der Waals surface area contributed by atoms with E-state index in [1.807, 2.05) is 29.2 Å². The van der Waals surface area contributed by atoms with Gasteiger partial charge in [-0.3, -0.25) is 15.2 Å². The van der Waals surface area contributed by atoms with Gasteiger partial charge >= 0.3 is 0 Å². The van der Waals surface area contributed by atoms with Gasteiger partial charge in [-0.25, -0.2) is 10.4 Å². The summed E-state index contributed by atoms with van der Waals surface area (Å²) in [6, 6.07) is 13.4. The maximum absolute atomic E-state index is 12.9. The highest BCUT2D eigenvalue weighted by Crippen LogP contribution is 2.38. The Morgan fingerprint density at radius 1 is 1.20 bits per heavy atom. The molecule has 7 heteroatoms. The zero-order valence-electron chi connectivity index (χ0n) is 17.8. The molecule has 0 aliphatic carbocycles. The number of hydrogen-bond acceptors (Lipinski definition) is 4. The van der Waals surface area contributed by atoms with Crippen molar-refractivity contribution in [3.05, 3.63) is 63.6 Å². The second-order valence-electron chi connectivity index (χ2n) is 7.91. The standard InChI is InChI=1S/C23H30Cl2N4O/c1-4-5-6-13-28(3)27-23(30)20-15-22(17-9-7-16(2)8-10-17)29(26-20)21-12-11-18(24)14-19(21)25/h7-12,14,20,22,26H,4-6,13,15H2,1-3H3,(H,27,30). The van der Waals surface area contributed by atoms with E-state index in [9.17, 15) is 4.79 Å². The largest absolute Gasteiger partial charge is 0.299 e. The molecule has 1 saturated heterocycles. The lowest BCUT2D eigenvalue weighted by Crippen LogP contribution is -2.50. The lowest BCUT2D eigenvalue weighted by molar-refractivity contribution is -0.127. The summed E-state index contributed by atoms with van der Waals surface area (Å²) >= 11 is 12.6. The molecule has 162 valence electrons. The highest BCUT2D eigenvalue weighted by Gasteiger charge is 2.38. The number of rotatable bonds is 8. The number of nitrogens with one attached hydrogen (secondary N) is 2. The van der Waals surface area contributed by atoms with Gasteiger partial charge in [0.05, 0.1) is 16.8 Å². The summed E-state index contributed by atoms with van der Waals surface area (Å²) in [5.41, 5.74) is 9.51. The minimum Gasteiger partial charge on any atom is -0.299 e. The van der Waals surface area contributed by atoms with Crippen LogP contribution in [0, 0.1) is 6.92 Å². The Morgan fingerprint density at radius 3 is 2.60 bits per heavy atom. The van der Waals surface area contributed by atoms with Gasteiger partial charge in [-0.1, -0.05) is 72.8 Å². The molecule has 2 aromatic carbocycles. The average Bonchev–Trinajstić information content (AvgIpc) is 3.14. The van der Waals surface area contributed by atoms with Crippen LogP contribution in [0.1, 0.15) is 49.8 Å². The number of aryl methyl sites for hydroxylation is 1. The van der Waals surface area contributed by atoms with Crippen LogP contribution >= 0.6 is 23.2 Å². The number of hydrogen-bond donors (Lipinski definition) is 2. The first-order valence-corrected chi connectivity index (χ1v) is 11.2. The topological polar surface area (TPSA) is 47.6 Å². The number of carbonyl (C=O) groups is 1. The zero-order chi connectivity index (χ0) is 21.7. The van der Waals surface area contributed by atoms with Crippen molar-refractivity contribution in [3.63, 3.8) is 0 Å². The predicted octanol–water partition coefficient (Wildman–Crippen LogP) is 5.28. The highest BCUT2D eigenvalue weighted by molar-refractivity contribution is 6.36. The van der Waals surface area contributed by atoms with Gasteiger partial charge in [-0.2, -0.15) is 0 Å². The molecular formula is C23H30Cl2N4O. The molecule has 1 aliphatic rings. The molecule has 0 aromatic heterocycles. The summed E-state index contributed by atoms with van der Waals surface area (Å²) in [7, 11) is 1.91. The maximum atomic E-state index is 12.9. The fourth-order valence-electron chi connectivity index (χ4n) is 3.71. The molecule has 1 amide bonds. The molecule has 1 fully saturated rings. The maximum Gasteiger partial charge on any atom is 0.253 e. The van der Waals surface area contributed by atoms with Crippen LogP contribution in [0.15, 0.2) is 42.5 Å². The van der Waals surface area contributed by atoms with Crippen molar-refractivity contribution in [1.82, 2.24) is 15.9 Å². The first kappa shape index (κ1) is 22.9. The quantitative estimate of drug-likeness (QED) is 0.425. The molecule has 0 bridgehead atoms. The van der Waals surface area contributed by atoms with Gasteiger partial charge in [0.25, 0.3) is 5.91 Å². The third-order valence-electron chi connectivity index (χ3n) is 5.41. The van der Waals surface area contributed by atoms with E-state index < -0.39 is 0 Å². The van der Waals surface area contributed by atoms with Gasteiger partial charge in [0.1, 0.15) is 6.04 Å². The zero-order valence-corrected chi connectivity index (χ0v) is 19.3. The Labute approximate surface area is 189 Å². The van der Waals surface area contributed by atoms with Crippen molar-refractivity contribution in [2.24, 2.45) is 0 Å². The summed E-state index contributed by atoms with van der Waals surface area (Å²) in [5.74, 6) is -0.0429. The molecule has 5 nitrogen and oxygen atoms in total. The van der Waals surface area contributed by atoms with Crippen LogP contribution in [-0.2, 0) is 4.79 Å². The van der Waals surface area contributed by atoms with Crippen LogP contribution in [0.25, 0.3) is 0 Å². The number of carbonyl (C=O) groups excluding carboxylic acids is 1. The van der Waals surface area contributed by atoms with E-state index in [1.54, 1.807) is 6.07 Å². The van der Waals surface area contributed by atoms with E-state index >= 15 is 0 Å². The Morgan fingerprint density at radius 2 is 1.93 bits per heavy atom. The van der Waals surface area contributed by atoms with E-state index in [4.69, 9.17) is 23.2 Å². The Kier molecular flexibility index (Phi) is 8.00. The molecule has 0 spiro atoms. The second kappa shape index (κ2) is 10.5. The summed E-state index contributed by atoms with van der Waals surface area (Å²) < 4.78 is 0. The number of hydrazine groups is 2. The Hall–Kier alpha value is -1.79. The van der Waals surface area contributed by atoms with Gasteiger partial charge in [-0.05, 0) is 43.5 Å². The van der Waals surface area contributed by atoms with E-state index in [1.165, 1.54) is 5.56 Å². The summed E-state index contributed by atoms with van der Waals surface area (Å²) in [5, 5.41) is 4.99. The molecule has 2 atom stereocenters. The van der Waals surface area contributed by atoms with Gasteiger partial charge in [0.15, 0.2) is 0 Å². The van der Waals surface area contributed by atoms with Crippen LogP contribution < -0.4 is 15.9 Å². The molecule has 1 heterocycles. The van der Waals surface area contributed by atoms with Crippen LogP contribution in [0.2, 0.25) is 10.0 Å². The highest BCUT2D eigenvalue weighted by atomic mass is 35.5. The van der Waals surface area contributed by atoms with Gasteiger partial charge < -0.3 is 0 Å². The summed E-state index contributed by atoms with van der Waals surface area (Å²) in [6.45, 7) is 5.07. The van der Waals surface area contributed by atoms with Crippen LogP contribution in [0.3, 0.4) is 0 Å². The van der Waals surface area contributed by atoms with Crippen molar-refractivity contribution in [2.75, 3.05) is 18.6 Å². The number of unbranched alkanes of at least 4 members (excludes halogenated alkanes) is 2. The fourth-order valence-corrected chi connectivity index (χ4v) is 4.21. The van der Waals surface area contributed by atoms with Gasteiger partial charge in [0, 0.05) is 18.6 Å². The molecule has 0 saturated carbocycles. The Balaban J connectivity index is 1.79. The van der Waals surface area contributed by atoms with E-state index in [2.05, 4.69) is 49.0 Å². The third-order valence-corrected chi connectivity index (χ3v) is 5.95. The number of anilines is 1. The van der Waals surface area contributed by atoms with E-state index in [-0.39, 0.29) is 18.0 Å². The van der Waals surface area contributed by atoms with Crippen molar-refractivity contribution in [3.8, 4) is 0 Å². The molecule has 2 N–H and O–H groups in total. The fraction of sp³-hybridized carbons (Fsp3) is 0.435. The van der Waals surface area contributed by atoms with E-state index in [0.29, 0.717) is 16.5 Å². The molecular weight excluding hydrogens is 419 g/mol. The predicted molar refractivity (Wildman–Crippen MR) is 125 cm³/mol. The minimum atomic E-state index is -0.364. The van der Waals surface area contributed by atoms with Crippen LogP contribution in [0.4, 0.5) is 5.69 Å². The molecule has 3 rings (SSSR count). The first-order chi connectivity index (χ1) is 14.4. The smallest absolute Gasteiger partial charge is 0.253 e. The number of nitrogens with zero attached hydrogens (tertiary/aromatic N) is 2. The number of halogens is 2. The molecule has 0 radical (unpaired) electrons. The lowest BCUT2D eigenvalue weighted by atomic mass is 9.99. The lowest BCUT2D eigenvalue weighted by Gasteiger charge is -2.28. The molecule has 1 aliphatic heterocycles. The SMILES string of the molecule is CCCCCN(C)NC(=O)C1CC(c2ccc(C)cc2)N(c2ccc(Cl)cc2Cl)N1. The van der Waals surface area contributed by atoms with Crippen molar-refractivity contribution in [1.29, 1.82) is 0 Å². The van der Waals surface area contributed by atoms with Crippen LogP contribution in [0.5, 0.6) is 0 Å². The monoisotopic (exact) mass is 448 g/mol. The third kappa shape index (κ3) is 5.67. The minimum absolute atomic E-state index is 0.0228. The number of benzene rings is 2. The summed E-state index contributed by atoms with van der Waals surface area (Å²) in [6.07, 6.45) is 4.00. The Bertz CT molecular complexity index is 859. The van der Waals surface area contributed by atoms with E-state index in [0.717, 1.165) is 37.1 Å². The summed E-state index contributed by atoms with van der Waals surface area (Å²) in [4.78, 5) is 12.9. The normalized spacial score (nSPS) is 18.8. The first-order valence-electron chi connectivity index (χ1n) is 10.5. The van der Waals surface area contributed by atoms with Crippen molar-refractivity contribution in [2.45, 2.75) is 51.6 Å². The van der Waals surface area contributed by atoms with Crippen molar-refractivity contribution >= 4 is 34.8 Å². The average molecular weight is 449 g/mol. The number of amides is 1. The molecule has 2 aromatic rings. The van der Waals surface area contributed by atoms with Crippen molar-refractivity contribution < 1.29 is 4.79 Å². The van der Waals surface area contributed by atoms with Crippen LogP contribution in [-0.4, -0.2) is 30.6 Å². The van der Waals surface area contributed by atoms with Gasteiger partial charge in [-0.15, -0.1) is 0 Å².